The number of nitrogens with zero attached hydrogens (tertiary/aromatic N) is 1. The van der Waals surface area contributed by atoms with Crippen molar-refractivity contribution in [2.24, 2.45) is 0 Å². The maximum atomic E-state index is 10.1. The molecule has 1 rings (SSSR count). The first-order chi connectivity index (χ1) is 4.70. The van der Waals surface area contributed by atoms with Gasteiger partial charge < -0.3 is 0 Å². The standard InChI is InChI=1S/C7H6NO2.Rb/c1-6-3-2-4-7(5-6)8(9)10;/h2,4-5H,1H3;/q-1;+1. The molecule has 0 atom stereocenters. The minimum Gasteiger partial charge on any atom is -0.260 e. The van der Waals surface area contributed by atoms with Crippen molar-refractivity contribution in [2.45, 2.75) is 6.92 Å². The second-order valence-electron chi connectivity index (χ2n) is 1.99. The predicted molar refractivity (Wildman–Crippen MR) is 36.7 cm³/mol. The summed E-state index contributed by atoms with van der Waals surface area (Å²) in [4.78, 5) is 9.73. The third kappa shape index (κ3) is 3.56. The fourth-order valence-corrected chi connectivity index (χ4v) is 0.684. The molecule has 0 amide bonds. The largest absolute Gasteiger partial charge is 1.00 e. The molecular formula is C7H6NO2Rb. The van der Waals surface area contributed by atoms with Crippen molar-refractivity contribution in [3.63, 3.8) is 0 Å². The molecule has 0 aliphatic heterocycles. The Labute approximate surface area is 114 Å². The van der Waals surface area contributed by atoms with Gasteiger partial charge in [0.25, 0.3) is 0 Å². The maximum absolute atomic E-state index is 10.1. The van der Waals surface area contributed by atoms with Crippen LogP contribution in [-0.4, -0.2) is 4.92 Å². The molecule has 0 saturated carbocycles. The van der Waals surface area contributed by atoms with Crippen molar-refractivity contribution in [1.82, 2.24) is 0 Å². The van der Waals surface area contributed by atoms with Gasteiger partial charge in [-0.25, -0.2) is 0 Å². The second-order valence-corrected chi connectivity index (χ2v) is 1.99. The van der Waals surface area contributed by atoms with Crippen molar-refractivity contribution < 1.29 is 63.1 Å². The third-order valence-electron chi connectivity index (χ3n) is 1.14. The molecule has 0 bridgehead atoms. The van der Waals surface area contributed by atoms with Crippen LogP contribution in [0.15, 0.2) is 18.2 Å². The molecule has 1 aromatic rings. The van der Waals surface area contributed by atoms with E-state index in [1.165, 1.54) is 12.1 Å². The van der Waals surface area contributed by atoms with Gasteiger partial charge in [-0.1, -0.05) is 19.1 Å². The van der Waals surface area contributed by atoms with Gasteiger partial charge in [-0.3, -0.25) is 10.1 Å². The van der Waals surface area contributed by atoms with E-state index in [-0.39, 0.29) is 63.9 Å². The summed E-state index contributed by atoms with van der Waals surface area (Å²) in [6, 6.07) is 7.28. The van der Waals surface area contributed by atoms with Crippen LogP contribution in [0, 0.1) is 23.1 Å². The molecular weight excluding hydrogens is 216 g/mol. The minimum absolute atomic E-state index is 0. The summed E-state index contributed by atoms with van der Waals surface area (Å²) in [5, 5.41) is 10.1. The van der Waals surface area contributed by atoms with Crippen molar-refractivity contribution in [3.05, 3.63) is 39.9 Å². The minimum atomic E-state index is -0.416. The van der Waals surface area contributed by atoms with Gasteiger partial charge in [0.15, 0.2) is 5.69 Å². The molecule has 0 heterocycles. The number of rotatable bonds is 1. The fourth-order valence-electron chi connectivity index (χ4n) is 0.684. The summed E-state index contributed by atoms with van der Waals surface area (Å²) in [5.41, 5.74) is 0.908. The zero-order valence-electron chi connectivity index (χ0n) is 6.50. The molecule has 0 saturated heterocycles. The molecule has 0 N–H and O–H groups in total. The molecule has 0 radical (unpaired) electrons. The molecule has 0 aromatic heterocycles. The molecule has 1 aromatic carbocycles. The fraction of sp³-hybridized carbons (Fsp3) is 0.143. The summed E-state index contributed by atoms with van der Waals surface area (Å²) in [5.74, 6) is 0. The third-order valence-corrected chi connectivity index (χ3v) is 1.14. The first-order valence-corrected chi connectivity index (χ1v) is 2.83. The predicted octanol–water partition coefficient (Wildman–Crippen LogP) is -1.29. The van der Waals surface area contributed by atoms with Crippen molar-refractivity contribution >= 4 is 5.69 Å². The van der Waals surface area contributed by atoms with Gasteiger partial charge in [-0.2, -0.15) is 17.7 Å². The summed E-state index contributed by atoms with van der Waals surface area (Å²) >= 11 is 0. The van der Waals surface area contributed by atoms with E-state index in [0.29, 0.717) is 0 Å². The van der Waals surface area contributed by atoms with Crippen molar-refractivity contribution in [1.29, 1.82) is 0 Å². The average Bonchev–Trinajstić information content (AvgIpc) is 1.88. The normalized spacial score (nSPS) is 8.45. The monoisotopic (exact) mass is 221 g/mol. The van der Waals surface area contributed by atoms with Crippen LogP contribution in [0.2, 0.25) is 0 Å². The second kappa shape index (κ2) is 5.14. The summed E-state index contributed by atoms with van der Waals surface area (Å²) in [6.07, 6.45) is 0. The number of hydrogen-bond donors (Lipinski definition) is 0. The van der Waals surface area contributed by atoms with E-state index in [1.807, 2.05) is 0 Å². The van der Waals surface area contributed by atoms with E-state index >= 15 is 0 Å². The van der Waals surface area contributed by atoms with Crippen LogP contribution in [-0.2, 0) is 0 Å². The molecule has 0 fully saturated rings. The molecule has 0 spiro atoms. The number of aryl methyl sites for hydroxylation is 1. The number of non-ortho nitro benzene ring substituents is 1. The topological polar surface area (TPSA) is 43.1 Å². The van der Waals surface area contributed by atoms with Gasteiger partial charge in [0, 0.05) is 4.92 Å². The number of hydrogen-bond acceptors (Lipinski definition) is 2. The van der Waals surface area contributed by atoms with E-state index in [0.717, 1.165) is 5.56 Å². The molecule has 0 aliphatic rings. The Hall–Kier alpha value is 0.425. The van der Waals surface area contributed by atoms with Crippen LogP contribution < -0.4 is 58.2 Å². The Morgan fingerprint density at radius 3 is 2.64 bits per heavy atom. The Bertz CT molecular complexity index is 262. The molecule has 52 valence electrons. The van der Waals surface area contributed by atoms with Crippen LogP contribution >= 0.6 is 0 Å². The van der Waals surface area contributed by atoms with Crippen LogP contribution in [0.1, 0.15) is 5.56 Å². The van der Waals surface area contributed by atoms with E-state index in [2.05, 4.69) is 6.07 Å². The SMILES string of the molecule is Cc1[c-]ccc([N+](=O)[O-])c1.[Rb+]. The molecule has 0 aliphatic carbocycles. The molecule has 11 heavy (non-hydrogen) atoms. The Morgan fingerprint density at radius 2 is 2.27 bits per heavy atom. The molecule has 4 heteroatoms. The number of nitro groups is 1. The molecule has 0 unspecified atom stereocenters. The van der Waals surface area contributed by atoms with E-state index < -0.39 is 4.92 Å². The van der Waals surface area contributed by atoms with Gasteiger partial charge in [0.05, 0.1) is 0 Å². The first-order valence-electron chi connectivity index (χ1n) is 2.83. The van der Waals surface area contributed by atoms with Crippen LogP contribution in [0.25, 0.3) is 0 Å². The van der Waals surface area contributed by atoms with E-state index in [9.17, 15) is 10.1 Å². The Kier molecular flexibility index (Phi) is 5.34. The van der Waals surface area contributed by atoms with E-state index in [1.54, 1.807) is 13.0 Å². The zero-order valence-corrected chi connectivity index (χ0v) is 11.4. The smallest absolute Gasteiger partial charge is 0.260 e. The van der Waals surface area contributed by atoms with Crippen LogP contribution in [0.3, 0.4) is 0 Å². The number of benzene rings is 1. The van der Waals surface area contributed by atoms with Gasteiger partial charge in [-0.05, 0) is 0 Å². The Morgan fingerprint density at radius 1 is 1.64 bits per heavy atom. The summed E-state index contributed by atoms with van der Waals surface area (Å²) < 4.78 is 0. The number of nitro benzene ring substituents is 1. The van der Waals surface area contributed by atoms with Crippen molar-refractivity contribution in [3.8, 4) is 0 Å². The van der Waals surface area contributed by atoms with E-state index in [4.69, 9.17) is 0 Å². The Balaban J connectivity index is 0.000001000. The van der Waals surface area contributed by atoms with Gasteiger partial charge >= 0.3 is 58.2 Å². The van der Waals surface area contributed by atoms with Gasteiger partial charge in [0.2, 0.25) is 0 Å². The summed E-state index contributed by atoms with van der Waals surface area (Å²) in [7, 11) is 0. The van der Waals surface area contributed by atoms with Crippen molar-refractivity contribution in [2.75, 3.05) is 0 Å². The zero-order chi connectivity index (χ0) is 7.56. The van der Waals surface area contributed by atoms with Crippen LogP contribution in [0.5, 0.6) is 0 Å². The quantitative estimate of drug-likeness (QED) is 0.336. The maximum Gasteiger partial charge on any atom is 1.00 e. The molecule has 3 nitrogen and oxygen atoms in total. The average molecular weight is 222 g/mol. The first kappa shape index (κ1) is 11.4. The van der Waals surface area contributed by atoms with Crippen LogP contribution in [0.4, 0.5) is 5.69 Å². The van der Waals surface area contributed by atoms with Gasteiger partial charge in [-0.15, -0.1) is 0 Å². The van der Waals surface area contributed by atoms with Gasteiger partial charge in [0.1, 0.15) is 0 Å². The summed E-state index contributed by atoms with van der Waals surface area (Å²) in [6.45, 7) is 1.77.